The fourth-order valence-corrected chi connectivity index (χ4v) is 3.56. The highest BCUT2D eigenvalue weighted by Gasteiger charge is 2.24. The van der Waals surface area contributed by atoms with Crippen LogP contribution in [0.1, 0.15) is 55.0 Å². The Morgan fingerprint density at radius 2 is 1.80 bits per heavy atom. The average molecular weight is 335 g/mol. The van der Waals surface area contributed by atoms with Crippen molar-refractivity contribution < 1.29 is 4.79 Å². The van der Waals surface area contributed by atoms with Gasteiger partial charge in [-0.25, -0.2) is 4.79 Å². The van der Waals surface area contributed by atoms with Crippen LogP contribution in [0.5, 0.6) is 0 Å². The van der Waals surface area contributed by atoms with E-state index in [1.807, 2.05) is 12.1 Å². The second-order valence-electron chi connectivity index (χ2n) is 7.17. The van der Waals surface area contributed by atoms with Crippen LogP contribution in [0.2, 0.25) is 0 Å². The highest BCUT2D eigenvalue weighted by molar-refractivity contribution is 5.89. The zero-order valence-electron chi connectivity index (χ0n) is 14.6. The van der Waals surface area contributed by atoms with E-state index in [-0.39, 0.29) is 12.1 Å². The first-order valence-electron chi connectivity index (χ1n) is 9.20. The monoisotopic (exact) mass is 335 g/mol. The highest BCUT2D eigenvalue weighted by Crippen LogP contribution is 2.32. The normalized spacial score (nSPS) is 20.0. The molecule has 1 fully saturated rings. The lowest BCUT2D eigenvalue weighted by atomic mass is 10.0. The predicted molar refractivity (Wildman–Crippen MR) is 101 cm³/mol. The third-order valence-corrected chi connectivity index (χ3v) is 5.17. The van der Waals surface area contributed by atoms with Crippen molar-refractivity contribution in [2.75, 3.05) is 5.32 Å². The number of amides is 2. The van der Waals surface area contributed by atoms with Gasteiger partial charge in [-0.3, -0.25) is 0 Å². The summed E-state index contributed by atoms with van der Waals surface area (Å²) < 4.78 is 0. The first-order chi connectivity index (χ1) is 12.2. The van der Waals surface area contributed by atoms with E-state index in [1.165, 1.54) is 16.7 Å². The third kappa shape index (κ3) is 3.85. The van der Waals surface area contributed by atoms with Crippen LogP contribution in [0.15, 0.2) is 48.5 Å². The van der Waals surface area contributed by atoms with E-state index in [9.17, 15) is 4.79 Å². The van der Waals surface area contributed by atoms with E-state index in [0.717, 1.165) is 31.4 Å². The minimum absolute atomic E-state index is 0.107. The van der Waals surface area contributed by atoms with Crippen LogP contribution in [0.4, 0.5) is 10.5 Å². The summed E-state index contributed by atoms with van der Waals surface area (Å²) in [5, 5.41) is 9.58. The average Bonchev–Trinajstić information content (AvgIpc) is 3.34. The topological polar surface area (TPSA) is 53.2 Å². The zero-order chi connectivity index (χ0) is 17.2. The molecule has 2 aliphatic rings. The SMILES string of the molecule is CC(NC1CCc2ccccc21)c1ccc(NC(=O)NC2CC2)cc1. The number of carbonyl (C=O) groups is 1. The molecular formula is C21H25N3O. The van der Waals surface area contributed by atoms with E-state index in [0.29, 0.717) is 12.1 Å². The minimum Gasteiger partial charge on any atom is -0.335 e. The molecule has 2 aliphatic carbocycles. The standard InChI is InChI=1S/C21H25N3O/c1-14(22-20-13-8-16-4-2-3-5-19(16)20)15-6-9-17(10-7-15)23-21(25)24-18-11-12-18/h2-7,9-10,14,18,20,22H,8,11-13H2,1H3,(H2,23,24,25). The Morgan fingerprint density at radius 1 is 1.04 bits per heavy atom. The molecule has 1 saturated carbocycles. The van der Waals surface area contributed by atoms with Gasteiger partial charge in [-0.15, -0.1) is 0 Å². The fraction of sp³-hybridized carbons (Fsp3) is 0.381. The smallest absolute Gasteiger partial charge is 0.319 e. The van der Waals surface area contributed by atoms with Crippen LogP contribution in [-0.4, -0.2) is 12.1 Å². The molecule has 2 amide bonds. The van der Waals surface area contributed by atoms with Gasteiger partial charge >= 0.3 is 6.03 Å². The van der Waals surface area contributed by atoms with Crippen LogP contribution in [0, 0.1) is 0 Å². The van der Waals surface area contributed by atoms with E-state index in [1.54, 1.807) is 0 Å². The van der Waals surface area contributed by atoms with Crippen LogP contribution >= 0.6 is 0 Å². The Hall–Kier alpha value is -2.33. The molecule has 4 nitrogen and oxygen atoms in total. The van der Waals surface area contributed by atoms with Gasteiger partial charge in [0.15, 0.2) is 0 Å². The summed E-state index contributed by atoms with van der Waals surface area (Å²) >= 11 is 0. The molecule has 25 heavy (non-hydrogen) atoms. The van der Waals surface area contributed by atoms with Gasteiger partial charge in [-0.05, 0) is 61.4 Å². The Balaban J connectivity index is 1.36. The molecule has 2 atom stereocenters. The number of anilines is 1. The molecule has 0 bridgehead atoms. The molecule has 3 N–H and O–H groups in total. The molecular weight excluding hydrogens is 310 g/mol. The lowest BCUT2D eigenvalue weighted by molar-refractivity contribution is 0.251. The molecule has 4 rings (SSSR count). The van der Waals surface area contributed by atoms with Crippen molar-refractivity contribution in [2.24, 2.45) is 0 Å². The number of hydrogen-bond acceptors (Lipinski definition) is 2. The Labute approximate surface area is 149 Å². The Bertz CT molecular complexity index is 752. The van der Waals surface area contributed by atoms with Gasteiger partial charge in [-0.2, -0.15) is 0 Å². The van der Waals surface area contributed by atoms with E-state index in [4.69, 9.17) is 0 Å². The number of carbonyl (C=O) groups excluding carboxylic acids is 1. The molecule has 4 heteroatoms. The van der Waals surface area contributed by atoms with Gasteiger partial charge in [0.1, 0.15) is 0 Å². The van der Waals surface area contributed by atoms with Crippen molar-refractivity contribution in [1.82, 2.24) is 10.6 Å². The summed E-state index contributed by atoms with van der Waals surface area (Å²) in [6, 6.07) is 17.8. The molecule has 0 radical (unpaired) electrons. The summed E-state index contributed by atoms with van der Waals surface area (Å²) in [7, 11) is 0. The zero-order valence-corrected chi connectivity index (χ0v) is 14.6. The van der Waals surface area contributed by atoms with Gasteiger partial charge in [0, 0.05) is 23.8 Å². The first kappa shape index (κ1) is 16.2. The second kappa shape index (κ2) is 6.89. The van der Waals surface area contributed by atoms with Crippen molar-refractivity contribution in [1.29, 1.82) is 0 Å². The molecule has 0 heterocycles. The first-order valence-corrected chi connectivity index (χ1v) is 9.20. The molecule has 0 aromatic heterocycles. The van der Waals surface area contributed by atoms with Crippen molar-refractivity contribution in [2.45, 2.75) is 50.7 Å². The van der Waals surface area contributed by atoms with Gasteiger partial charge in [0.25, 0.3) is 0 Å². The van der Waals surface area contributed by atoms with Crippen LogP contribution in [0.25, 0.3) is 0 Å². The van der Waals surface area contributed by atoms with E-state index < -0.39 is 0 Å². The Morgan fingerprint density at radius 3 is 2.56 bits per heavy atom. The van der Waals surface area contributed by atoms with E-state index >= 15 is 0 Å². The summed E-state index contributed by atoms with van der Waals surface area (Å²) in [4.78, 5) is 11.8. The second-order valence-corrected chi connectivity index (χ2v) is 7.17. The van der Waals surface area contributed by atoms with Crippen molar-refractivity contribution in [3.63, 3.8) is 0 Å². The number of fused-ring (bicyclic) bond motifs is 1. The van der Waals surface area contributed by atoms with Gasteiger partial charge < -0.3 is 16.0 Å². The fourth-order valence-electron chi connectivity index (χ4n) is 3.56. The van der Waals surface area contributed by atoms with Crippen LogP contribution in [0.3, 0.4) is 0 Å². The highest BCUT2D eigenvalue weighted by atomic mass is 16.2. The quantitative estimate of drug-likeness (QED) is 0.763. The van der Waals surface area contributed by atoms with Gasteiger partial charge in [0.05, 0.1) is 0 Å². The number of nitrogens with one attached hydrogen (secondary N) is 3. The predicted octanol–water partition coefficient (Wildman–Crippen LogP) is 4.31. The maximum absolute atomic E-state index is 11.8. The molecule has 130 valence electrons. The van der Waals surface area contributed by atoms with Crippen molar-refractivity contribution in [3.8, 4) is 0 Å². The van der Waals surface area contributed by atoms with Crippen LogP contribution < -0.4 is 16.0 Å². The number of aryl methyl sites for hydroxylation is 1. The largest absolute Gasteiger partial charge is 0.335 e. The maximum Gasteiger partial charge on any atom is 0.319 e. The van der Waals surface area contributed by atoms with Crippen molar-refractivity contribution in [3.05, 3.63) is 65.2 Å². The third-order valence-electron chi connectivity index (χ3n) is 5.17. The Kier molecular flexibility index (Phi) is 4.45. The summed E-state index contributed by atoms with van der Waals surface area (Å²) in [6.45, 7) is 2.20. The molecule has 2 aromatic rings. The number of benzene rings is 2. The number of hydrogen-bond donors (Lipinski definition) is 3. The molecule has 2 aromatic carbocycles. The lowest BCUT2D eigenvalue weighted by Crippen LogP contribution is -2.30. The molecule has 0 aliphatic heterocycles. The molecule has 0 spiro atoms. The maximum atomic E-state index is 11.8. The molecule has 0 saturated heterocycles. The number of urea groups is 1. The summed E-state index contributed by atoms with van der Waals surface area (Å²) in [6.07, 6.45) is 4.50. The number of rotatable bonds is 5. The van der Waals surface area contributed by atoms with Crippen molar-refractivity contribution >= 4 is 11.7 Å². The lowest BCUT2D eigenvalue weighted by Gasteiger charge is -2.21. The minimum atomic E-state index is -0.107. The summed E-state index contributed by atoms with van der Waals surface area (Å²) in [5.41, 5.74) is 4.97. The van der Waals surface area contributed by atoms with E-state index in [2.05, 4.69) is 59.3 Å². The van der Waals surface area contributed by atoms with Gasteiger partial charge in [-0.1, -0.05) is 36.4 Å². The van der Waals surface area contributed by atoms with Crippen LogP contribution in [-0.2, 0) is 6.42 Å². The van der Waals surface area contributed by atoms with Gasteiger partial charge in [0.2, 0.25) is 0 Å². The molecule has 2 unspecified atom stereocenters. The summed E-state index contributed by atoms with van der Waals surface area (Å²) in [5.74, 6) is 0.